The van der Waals surface area contributed by atoms with E-state index in [1.165, 1.54) is 0 Å². The molecule has 0 saturated carbocycles. The van der Waals surface area contributed by atoms with E-state index in [4.69, 9.17) is 0 Å². The molecule has 0 aliphatic carbocycles. The van der Waals surface area contributed by atoms with Gasteiger partial charge in [-0.3, -0.25) is 9.59 Å². The quantitative estimate of drug-likeness (QED) is 0.713. The van der Waals surface area contributed by atoms with Crippen LogP contribution < -0.4 is 10.6 Å². The summed E-state index contributed by atoms with van der Waals surface area (Å²) in [4.78, 5) is 35.4. The first-order valence-corrected chi connectivity index (χ1v) is 8.33. The van der Waals surface area contributed by atoms with Crippen molar-refractivity contribution in [2.24, 2.45) is 11.8 Å². The number of amides is 2. The average Bonchev–Trinajstić information content (AvgIpc) is 2.56. The number of carbonyl (C=O) groups excluding carboxylic acids is 2. The lowest BCUT2D eigenvalue weighted by Gasteiger charge is -2.25. The second kappa shape index (κ2) is 7.95. The molecule has 1 aliphatic rings. The lowest BCUT2D eigenvalue weighted by atomic mass is 9.89. The molecule has 130 valence electrons. The van der Waals surface area contributed by atoms with Crippen molar-refractivity contribution in [2.45, 2.75) is 45.6 Å². The predicted octanol–water partition coefficient (Wildman–Crippen LogP) is 2.19. The van der Waals surface area contributed by atoms with Crippen LogP contribution in [0, 0.1) is 11.8 Å². The zero-order chi connectivity index (χ0) is 17.7. The highest BCUT2D eigenvalue weighted by molar-refractivity contribution is 5.96. The van der Waals surface area contributed by atoms with E-state index in [0.29, 0.717) is 19.3 Å². The third-order valence-corrected chi connectivity index (χ3v) is 4.63. The molecule has 2 rings (SSSR count). The van der Waals surface area contributed by atoms with Gasteiger partial charge in [-0.25, -0.2) is 4.79 Å². The second-order valence-electron chi connectivity index (χ2n) is 6.36. The molecule has 1 unspecified atom stereocenters. The van der Waals surface area contributed by atoms with E-state index < -0.39 is 12.0 Å². The summed E-state index contributed by atoms with van der Waals surface area (Å²) < 4.78 is 0. The molecule has 0 aromatic heterocycles. The molecular weight excluding hydrogens is 308 g/mol. The molecule has 3 atom stereocenters. The van der Waals surface area contributed by atoms with Crippen LogP contribution in [0.4, 0.5) is 5.69 Å². The van der Waals surface area contributed by atoms with Gasteiger partial charge in [-0.2, -0.15) is 0 Å². The van der Waals surface area contributed by atoms with Crippen molar-refractivity contribution in [2.75, 3.05) is 5.32 Å². The Morgan fingerprint density at radius 1 is 1.38 bits per heavy atom. The van der Waals surface area contributed by atoms with Crippen molar-refractivity contribution in [3.05, 3.63) is 29.8 Å². The SMILES string of the molecule is CC[C@H](C)[C@H](NC(=O)CCC1Cc2ccccc2NC1=O)C(=O)O. The fourth-order valence-corrected chi connectivity index (χ4v) is 2.88. The third kappa shape index (κ3) is 4.34. The topological polar surface area (TPSA) is 95.5 Å². The molecule has 1 aromatic rings. The summed E-state index contributed by atoms with van der Waals surface area (Å²) in [6, 6.07) is 6.73. The Balaban J connectivity index is 1.90. The summed E-state index contributed by atoms with van der Waals surface area (Å²) in [6.45, 7) is 3.68. The van der Waals surface area contributed by atoms with Gasteiger partial charge in [0.15, 0.2) is 0 Å². The fraction of sp³-hybridized carbons (Fsp3) is 0.500. The van der Waals surface area contributed by atoms with Crippen molar-refractivity contribution < 1.29 is 19.5 Å². The molecule has 1 aliphatic heterocycles. The number of fused-ring (bicyclic) bond motifs is 1. The highest BCUT2D eigenvalue weighted by Crippen LogP contribution is 2.27. The van der Waals surface area contributed by atoms with Crippen LogP contribution in [-0.2, 0) is 20.8 Å². The molecule has 0 spiro atoms. The number of carboxylic acid groups (broad SMARTS) is 1. The maximum atomic E-state index is 12.1. The number of hydrogen-bond acceptors (Lipinski definition) is 3. The Morgan fingerprint density at radius 3 is 2.75 bits per heavy atom. The van der Waals surface area contributed by atoms with E-state index in [2.05, 4.69) is 10.6 Å². The van der Waals surface area contributed by atoms with E-state index in [0.717, 1.165) is 11.3 Å². The molecule has 1 aromatic carbocycles. The number of carbonyl (C=O) groups is 3. The first kappa shape index (κ1) is 18.0. The van der Waals surface area contributed by atoms with E-state index in [1.54, 1.807) is 6.92 Å². The largest absolute Gasteiger partial charge is 0.480 e. The van der Waals surface area contributed by atoms with Crippen LogP contribution in [0.25, 0.3) is 0 Å². The Hall–Kier alpha value is -2.37. The van der Waals surface area contributed by atoms with Gasteiger partial charge in [-0.05, 0) is 30.4 Å². The number of anilines is 1. The van der Waals surface area contributed by atoms with Gasteiger partial charge in [0, 0.05) is 18.0 Å². The van der Waals surface area contributed by atoms with E-state index in [-0.39, 0.29) is 30.1 Å². The van der Waals surface area contributed by atoms with Crippen molar-refractivity contribution in [1.29, 1.82) is 0 Å². The summed E-state index contributed by atoms with van der Waals surface area (Å²) in [5.41, 5.74) is 1.89. The van der Waals surface area contributed by atoms with Gasteiger partial charge < -0.3 is 15.7 Å². The van der Waals surface area contributed by atoms with Crippen molar-refractivity contribution in [3.63, 3.8) is 0 Å². The minimum atomic E-state index is -1.03. The molecule has 0 radical (unpaired) electrons. The maximum absolute atomic E-state index is 12.1. The highest BCUT2D eigenvalue weighted by Gasteiger charge is 2.28. The van der Waals surface area contributed by atoms with Gasteiger partial charge in [0.2, 0.25) is 11.8 Å². The van der Waals surface area contributed by atoms with Gasteiger partial charge in [-0.15, -0.1) is 0 Å². The number of para-hydroxylation sites is 1. The summed E-state index contributed by atoms with van der Waals surface area (Å²) in [5, 5.41) is 14.6. The molecule has 6 heteroatoms. The number of aliphatic carboxylic acids is 1. The third-order valence-electron chi connectivity index (χ3n) is 4.63. The fourth-order valence-electron chi connectivity index (χ4n) is 2.88. The van der Waals surface area contributed by atoms with Crippen LogP contribution in [0.3, 0.4) is 0 Å². The molecule has 0 bridgehead atoms. The number of carboxylic acids is 1. The smallest absolute Gasteiger partial charge is 0.326 e. The number of nitrogens with one attached hydrogen (secondary N) is 2. The predicted molar refractivity (Wildman–Crippen MR) is 90.5 cm³/mol. The molecule has 24 heavy (non-hydrogen) atoms. The second-order valence-corrected chi connectivity index (χ2v) is 6.36. The van der Waals surface area contributed by atoms with Crippen LogP contribution >= 0.6 is 0 Å². The molecule has 3 N–H and O–H groups in total. The van der Waals surface area contributed by atoms with Gasteiger partial charge in [0.25, 0.3) is 0 Å². The van der Waals surface area contributed by atoms with Gasteiger partial charge in [0.1, 0.15) is 6.04 Å². The Labute approximate surface area is 141 Å². The van der Waals surface area contributed by atoms with E-state index in [1.807, 2.05) is 31.2 Å². The van der Waals surface area contributed by atoms with Crippen LogP contribution in [0.2, 0.25) is 0 Å². The summed E-state index contributed by atoms with van der Waals surface area (Å²) in [5.74, 6) is -1.84. The zero-order valence-corrected chi connectivity index (χ0v) is 14.0. The Bertz CT molecular complexity index is 629. The van der Waals surface area contributed by atoms with Crippen molar-refractivity contribution in [1.82, 2.24) is 5.32 Å². The minimum absolute atomic E-state index is 0.0850. The van der Waals surface area contributed by atoms with Gasteiger partial charge in [0.05, 0.1) is 0 Å². The van der Waals surface area contributed by atoms with Crippen LogP contribution in [0.5, 0.6) is 0 Å². The molecule has 1 heterocycles. The molecule has 6 nitrogen and oxygen atoms in total. The van der Waals surface area contributed by atoms with Crippen molar-refractivity contribution >= 4 is 23.5 Å². The van der Waals surface area contributed by atoms with E-state index >= 15 is 0 Å². The normalized spacial score (nSPS) is 18.9. The van der Waals surface area contributed by atoms with Gasteiger partial charge in [-0.1, -0.05) is 38.5 Å². The number of benzene rings is 1. The molecular formula is C18H24N2O4. The summed E-state index contributed by atoms with van der Waals surface area (Å²) >= 11 is 0. The average molecular weight is 332 g/mol. The number of hydrogen-bond donors (Lipinski definition) is 3. The lowest BCUT2D eigenvalue weighted by Crippen LogP contribution is -2.45. The standard InChI is InChI=1S/C18H24N2O4/c1-3-11(2)16(18(23)24)20-15(21)9-8-13-10-12-6-4-5-7-14(12)19-17(13)22/h4-7,11,13,16H,3,8-10H2,1-2H3,(H,19,22)(H,20,21)(H,23,24)/t11-,13?,16-/m0/s1. The highest BCUT2D eigenvalue weighted by atomic mass is 16.4. The van der Waals surface area contributed by atoms with Crippen LogP contribution in [0.15, 0.2) is 24.3 Å². The van der Waals surface area contributed by atoms with Gasteiger partial charge >= 0.3 is 5.97 Å². The monoisotopic (exact) mass is 332 g/mol. The first-order chi connectivity index (χ1) is 11.4. The summed E-state index contributed by atoms with van der Waals surface area (Å²) in [7, 11) is 0. The molecule has 2 amide bonds. The lowest BCUT2D eigenvalue weighted by molar-refractivity contribution is -0.143. The number of rotatable bonds is 7. The maximum Gasteiger partial charge on any atom is 0.326 e. The molecule has 0 saturated heterocycles. The van der Waals surface area contributed by atoms with Crippen LogP contribution in [0.1, 0.15) is 38.7 Å². The van der Waals surface area contributed by atoms with Crippen molar-refractivity contribution in [3.8, 4) is 0 Å². The van der Waals surface area contributed by atoms with E-state index in [9.17, 15) is 19.5 Å². The first-order valence-electron chi connectivity index (χ1n) is 8.33. The Kier molecular flexibility index (Phi) is 5.95. The summed E-state index contributed by atoms with van der Waals surface area (Å²) in [6.07, 6.45) is 1.81. The Morgan fingerprint density at radius 2 is 2.08 bits per heavy atom. The minimum Gasteiger partial charge on any atom is -0.480 e. The molecule has 0 fully saturated rings. The van der Waals surface area contributed by atoms with Crippen LogP contribution in [-0.4, -0.2) is 28.9 Å². The zero-order valence-electron chi connectivity index (χ0n) is 14.0.